The Bertz CT molecular complexity index is 587. The van der Waals surface area contributed by atoms with Crippen LogP contribution in [0.15, 0.2) is 12.2 Å². The van der Waals surface area contributed by atoms with E-state index in [4.69, 9.17) is 28.8 Å². The quantitative estimate of drug-likeness (QED) is 0.0815. The van der Waals surface area contributed by atoms with Gasteiger partial charge in [0.25, 0.3) is 0 Å². The topological polar surface area (TPSA) is 124 Å². The Hall–Kier alpha value is -1.07. The van der Waals surface area contributed by atoms with Crippen molar-refractivity contribution in [1.82, 2.24) is 0 Å². The number of esters is 1. The molecule has 0 amide bonds. The SMILES string of the molecule is CCCCCCC/C=C\CCCCCCCCC(=O)OCC1OCC(OCCO)C(OCCO)C1OCCO. The maximum atomic E-state index is 12.3. The van der Waals surface area contributed by atoms with Crippen molar-refractivity contribution >= 4 is 5.97 Å². The molecule has 230 valence electrons. The Kier molecular flexibility index (Phi) is 23.8. The van der Waals surface area contributed by atoms with Crippen LogP contribution in [-0.4, -0.2) is 98.6 Å². The number of hydrogen-bond donors (Lipinski definition) is 3. The molecule has 0 radical (unpaired) electrons. The number of aliphatic hydroxyl groups excluding tert-OH is 3. The van der Waals surface area contributed by atoms with Gasteiger partial charge in [-0.2, -0.15) is 0 Å². The van der Waals surface area contributed by atoms with Crippen LogP contribution >= 0.6 is 0 Å². The lowest BCUT2D eigenvalue weighted by atomic mass is 9.99. The molecule has 0 aromatic rings. The van der Waals surface area contributed by atoms with Crippen molar-refractivity contribution in [3.63, 3.8) is 0 Å². The van der Waals surface area contributed by atoms with E-state index < -0.39 is 24.4 Å². The van der Waals surface area contributed by atoms with Gasteiger partial charge in [-0.05, 0) is 32.1 Å². The van der Waals surface area contributed by atoms with Crippen LogP contribution in [0.2, 0.25) is 0 Å². The number of ether oxygens (including phenoxy) is 5. The van der Waals surface area contributed by atoms with E-state index in [0.717, 1.165) is 25.7 Å². The molecule has 0 bridgehead atoms. The van der Waals surface area contributed by atoms with Crippen LogP contribution < -0.4 is 0 Å². The van der Waals surface area contributed by atoms with Gasteiger partial charge in [0.15, 0.2) is 0 Å². The van der Waals surface area contributed by atoms with E-state index in [1.54, 1.807) is 0 Å². The molecule has 3 N–H and O–H groups in total. The number of allylic oxidation sites excluding steroid dienone is 2. The van der Waals surface area contributed by atoms with Crippen LogP contribution in [0.5, 0.6) is 0 Å². The van der Waals surface area contributed by atoms with E-state index in [-0.39, 0.29) is 58.8 Å². The third kappa shape index (κ3) is 18.1. The molecular formula is C30H56O9. The first-order valence-corrected chi connectivity index (χ1v) is 15.3. The molecule has 39 heavy (non-hydrogen) atoms. The fourth-order valence-electron chi connectivity index (χ4n) is 4.69. The van der Waals surface area contributed by atoms with Gasteiger partial charge in [-0.1, -0.05) is 70.4 Å². The summed E-state index contributed by atoms with van der Waals surface area (Å²) in [5.74, 6) is -0.272. The van der Waals surface area contributed by atoms with Crippen LogP contribution in [0.3, 0.4) is 0 Å². The number of carbonyl (C=O) groups excluding carboxylic acids is 1. The van der Waals surface area contributed by atoms with Gasteiger partial charge in [0, 0.05) is 6.42 Å². The second-order valence-electron chi connectivity index (χ2n) is 10.1. The zero-order valence-electron chi connectivity index (χ0n) is 24.3. The highest BCUT2D eigenvalue weighted by atomic mass is 16.6. The third-order valence-electron chi connectivity index (χ3n) is 6.81. The first kappa shape index (κ1) is 36.0. The molecule has 1 aliphatic heterocycles. The van der Waals surface area contributed by atoms with Gasteiger partial charge in [0.1, 0.15) is 31.0 Å². The van der Waals surface area contributed by atoms with Gasteiger partial charge in [0.05, 0.1) is 46.2 Å². The lowest BCUT2D eigenvalue weighted by Gasteiger charge is -2.41. The van der Waals surface area contributed by atoms with Crippen molar-refractivity contribution in [3.05, 3.63) is 12.2 Å². The third-order valence-corrected chi connectivity index (χ3v) is 6.81. The van der Waals surface area contributed by atoms with Gasteiger partial charge >= 0.3 is 5.97 Å². The Morgan fingerprint density at radius 2 is 1.28 bits per heavy atom. The molecule has 0 aromatic carbocycles. The van der Waals surface area contributed by atoms with Crippen LogP contribution in [0.1, 0.15) is 96.8 Å². The smallest absolute Gasteiger partial charge is 0.305 e. The van der Waals surface area contributed by atoms with E-state index in [9.17, 15) is 15.0 Å². The second-order valence-corrected chi connectivity index (χ2v) is 10.1. The molecule has 0 spiro atoms. The molecule has 1 saturated heterocycles. The number of unbranched alkanes of at least 4 members (excludes halogenated alkanes) is 11. The summed E-state index contributed by atoms with van der Waals surface area (Å²) in [6.07, 6.45) is 18.3. The summed E-state index contributed by atoms with van der Waals surface area (Å²) in [6.45, 7) is 2.15. The van der Waals surface area contributed by atoms with Crippen LogP contribution in [-0.2, 0) is 28.5 Å². The highest BCUT2D eigenvalue weighted by molar-refractivity contribution is 5.69. The van der Waals surface area contributed by atoms with E-state index in [1.807, 2.05) is 0 Å². The molecule has 9 heteroatoms. The van der Waals surface area contributed by atoms with Crippen LogP contribution in [0.25, 0.3) is 0 Å². The van der Waals surface area contributed by atoms with Crippen molar-refractivity contribution in [3.8, 4) is 0 Å². The number of hydrogen-bond acceptors (Lipinski definition) is 9. The van der Waals surface area contributed by atoms with Crippen LogP contribution in [0.4, 0.5) is 0 Å². The van der Waals surface area contributed by atoms with Gasteiger partial charge in [-0.15, -0.1) is 0 Å². The van der Waals surface area contributed by atoms with Gasteiger partial charge in [0.2, 0.25) is 0 Å². The maximum Gasteiger partial charge on any atom is 0.305 e. The first-order chi connectivity index (χ1) is 19.2. The minimum Gasteiger partial charge on any atom is -0.463 e. The molecule has 4 unspecified atom stereocenters. The van der Waals surface area contributed by atoms with Crippen LogP contribution in [0, 0.1) is 0 Å². The van der Waals surface area contributed by atoms with Gasteiger partial charge in [-0.25, -0.2) is 0 Å². The monoisotopic (exact) mass is 560 g/mol. The second kappa shape index (κ2) is 25.9. The first-order valence-electron chi connectivity index (χ1n) is 15.3. The predicted molar refractivity (Wildman–Crippen MR) is 151 cm³/mol. The summed E-state index contributed by atoms with van der Waals surface area (Å²) in [5.41, 5.74) is 0. The summed E-state index contributed by atoms with van der Waals surface area (Å²) in [4.78, 5) is 12.3. The Labute approximate surface area is 236 Å². The fraction of sp³-hybridized carbons (Fsp3) is 0.900. The lowest BCUT2D eigenvalue weighted by molar-refractivity contribution is -0.241. The minimum absolute atomic E-state index is 0.00684. The largest absolute Gasteiger partial charge is 0.463 e. The fourth-order valence-corrected chi connectivity index (χ4v) is 4.69. The summed E-state index contributed by atoms with van der Waals surface area (Å²) in [6, 6.07) is 0. The summed E-state index contributed by atoms with van der Waals surface area (Å²) in [5, 5.41) is 27.5. The molecule has 1 heterocycles. The molecule has 0 aliphatic carbocycles. The predicted octanol–water partition coefficient (Wildman–Crippen LogP) is 4.10. The minimum atomic E-state index is -0.658. The summed E-state index contributed by atoms with van der Waals surface area (Å²) in [7, 11) is 0. The van der Waals surface area contributed by atoms with E-state index in [0.29, 0.717) is 6.42 Å². The molecule has 1 aliphatic rings. The Morgan fingerprint density at radius 1 is 0.744 bits per heavy atom. The van der Waals surface area contributed by atoms with Crippen molar-refractivity contribution in [2.75, 3.05) is 52.9 Å². The highest BCUT2D eigenvalue weighted by Crippen LogP contribution is 2.24. The molecule has 9 nitrogen and oxygen atoms in total. The zero-order chi connectivity index (χ0) is 28.4. The molecule has 0 aromatic heterocycles. The van der Waals surface area contributed by atoms with Crippen molar-refractivity contribution < 1.29 is 43.8 Å². The van der Waals surface area contributed by atoms with Crippen molar-refractivity contribution in [2.24, 2.45) is 0 Å². The normalized spacial score (nSPS) is 21.5. The maximum absolute atomic E-state index is 12.3. The van der Waals surface area contributed by atoms with E-state index >= 15 is 0 Å². The lowest BCUT2D eigenvalue weighted by Crippen LogP contribution is -2.58. The summed E-state index contributed by atoms with van der Waals surface area (Å²) >= 11 is 0. The highest BCUT2D eigenvalue weighted by Gasteiger charge is 2.43. The van der Waals surface area contributed by atoms with Crippen molar-refractivity contribution in [1.29, 1.82) is 0 Å². The molecule has 4 atom stereocenters. The standard InChI is InChI=1S/C30H56O9/c1-2-3-4-5-6-7-8-9-10-11-12-13-14-15-16-17-28(34)39-25-27-30(37-23-20-33)29(36-22-19-32)26(24-38-27)35-21-18-31/h8-9,26-27,29-33H,2-7,10-25H2,1H3/b9-8-. The number of aliphatic hydroxyl groups is 3. The number of carbonyl (C=O) groups is 1. The zero-order valence-corrected chi connectivity index (χ0v) is 24.3. The Balaban J connectivity index is 2.22. The van der Waals surface area contributed by atoms with Gasteiger partial charge < -0.3 is 39.0 Å². The molecule has 0 saturated carbocycles. The van der Waals surface area contributed by atoms with E-state index in [1.165, 1.54) is 57.8 Å². The molecule has 1 rings (SSSR count). The molecular weight excluding hydrogens is 504 g/mol. The average Bonchev–Trinajstić information content (AvgIpc) is 2.95. The van der Waals surface area contributed by atoms with E-state index in [2.05, 4.69) is 19.1 Å². The van der Waals surface area contributed by atoms with Gasteiger partial charge in [-0.3, -0.25) is 4.79 Å². The number of rotatable bonds is 26. The molecule has 1 fully saturated rings. The average molecular weight is 561 g/mol. The Morgan fingerprint density at radius 3 is 1.90 bits per heavy atom. The van der Waals surface area contributed by atoms with Crippen molar-refractivity contribution in [2.45, 2.75) is 121 Å². The summed E-state index contributed by atoms with van der Waals surface area (Å²) < 4.78 is 28.5.